The summed E-state index contributed by atoms with van der Waals surface area (Å²) in [7, 11) is 0. The van der Waals surface area contributed by atoms with Gasteiger partial charge in [0.1, 0.15) is 13.2 Å². The second-order valence-corrected chi connectivity index (χ2v) is 18.3. The predicted octanol–water partition coefficient (Wildman–Crippen LogP) is 16.7. The monoisotopic (exact) mass is 821 g/mol. The molecular weight excluding hydrogens is 721 g/mol. The zero-order valence-corrected chi connectivity index (χ0v) is 39.5. The molecule has 0 aromatic rings. The van der Waals surface area contributed by atoms with Crippen LogP contribution in [-0.2, 0) is 28.6 Å². The van der Waals surface area contributed by atoms with Crippen LogP contribution in [0.5, 0.6) is 0 Å². The molecule has 0 N–H and O–H groups in total. The molecule has 0 fully saturated rings. The molecule has 0 saturated carbocycles. The maximum Gasteiger partial charge on any atom is 0.306 e. The van der Waals surface area contributed by atoms with Crippen molar-refractivity contribution in [1.29, 1.82) is 0 Å². The van der Waals surface area contributed by atoms with Gasteiger partial charge in [0.25, 0.3) is 0 Å². The van der Waals surface area contributed by atoms with Crippen LogP contribution in [-0.4, -0.2) is 37.2 Å². The Morgan fingerprint density at radius 3 is 0.845 bits per heavy atom. The molecule has 1 atom stereocenters. The van der Waals surface area contributed by atoms with Crippen molar-refractivity contribution in [2.45, 2.75) is 297 Å². The Labute approximate surface area is 361 Å². The van der Waals surface area contributed by atoms with Gasteiger partial charge in [0, 0.05) is 19.3 Å². The highest BCUT2D eigenvalue weighted by Gasteiger charge is 2.19. The van der Waals surface area contributed by atoms with Crippen molar-refractivity contribution in [3.63, 3.8) is 0 Å². The lowest BCUT2D eigenvalue weighted by Crippen LogP contribution is -2.30. The van der Waals surface area contributed by atoms with Crippen LogP contribution in [0.25, 0.3) is 0 Å². The average Bonchev–Trinajstić information content (AvgIpc) is 3.21. The van der Waals surface area contributed by atoms with Crippen LogP contribution in [0, 0.1) is 5.92 Å². The summed E-state index contributed by atoms with van der Waals surface area (Å²) in [4.78, 5) is 37.9. The summed E-state index contributed by atoms with van der Waals surface area (Å²) in [5.74, 6) is -0.0188. The van der Waals surface area contributed by atoms with E-state index in [4.69, 9.17) is 14.2 Å². The molecule has 0 heterocycles. The van der Waals surface area contributed by atoms with Crippen molar-refractivity contribution >= 4 is 17.9 Å². The Morgan fingerprint density at radius 2 is 0.569 bits per heavy atom. The summed E-state index contributed by atoms with van der Waals surface area (Å²) in [5, 5.41) is 0. The third kappa shape index (κ3) is 45.5. The highest BCUT2D eigenvalue weighted by Crippen LogP contribution is 2.17. The fraction of sp³-hybridized carbons (Fsp3) is 0.942. The summed E-state index contributed by atoms with van der Waals surface area (Å²) in [6.45, 7) is 9.01. The lowest BCUT2D eigenvalue weighted by Gasteiger charge is -2.18. The molecule has 0 amide bonds. The Balaban J connectivity index is 4.28. The molecule has 0 radical (unpaired) electrons. The van der Waals surface area contributed by atoms with Crippen molar-refractivity contribution in [2.75, 3.05) is 13.2 Å². The minimum absolute atomic E-state index is 0.0630. The molecule has 58 heavy (non-hydrogen) atoms. The number of hydrogen-bond donors (Lipinski definition) is 0. The standard InChI is InChI=1S/C52H100O6/c1-5-7-9-11-13-15-17-18-19-20-21-24-29-33-37-41-45-52(55)58-49(46-56-50(53)43-39-35-31-27-16-14-12-10-8-6-2)47-57-51(54)44-40-36-32-28-25-22-23-26-30-34-38-42-48(3)4/h48-49H,5-47H2,1-4H3/t49-/m1/s1. The van der Waals surface area contributed by atoms with E-state index in [-0.39, 0.29) is 31.1 Å². The number of esters is 3. The van der Waals surface area contributed by atoms with Crippen molar-refractivity contribution < 1.29 is 28.6 Å². The first-order valence-electron chi connectivity index (χ1n) is 25.9. The highest BCUT2D eigenvalue weighted by molar-refractivity contribution is 5.71. The van der Waals surface area contributed by atoms with Crippen LogP contribution in [0.4, 0.5) is 0 Å². The first-order valence-corrected chi connectivity index (χ1v) is 25.9. The second kappa shape index (κ2) is 46.5. The van der Waals surface area contributed by atoms with E-state index in [9.17, 15) is 14.4 Å². The van der Waals surface area contributed by atoms with E-state index >= 15 is 0 Å². The molecule has 0 aliphatic carbocycles. The number of rotatable bonds is 47. The van der Waals surface area contributed by atoms with E-state index in [1.165, 1.54) is 186 Å². The molecule has 0 bridgehead atoms. The van der Waals surface area contributed by atoms with Gasteiger partial charge in [-0.3, -0.25) is 14.4 Å². The zero-order chi connectivity index (χ0) is 42.4. The highest BCUT2D eigenvalue weighted by atomic mass is 16.6. The average molecular weight is 821 g/mol. The lowest BCUT2D eigenvalue weighted by atomic mass is 10.0. The number of ether oxygens (including phenoxy) is 3. The lowest BCUT2D eigenvalue weighted by molar-refractivity contribution is -0.167. The minimum Gasteiger partial charge on any atom is -0.462 e. The van der Waals surface area contributed by atoms with Crippen LogP contribution in [0.1, 0.15) is 291 Å². The smallest absolute Gasteiger partial charge is 0.306 e. The van der Waals surface area contributed by atoms with Gasteiger partial charge in [-0.05, 0) is 25.2 Å². The van der Waals surface area contributed by atoms with Crippen LogP contribution in [0.2, 0.25) is 0 Å². The van der Waals surface area contributed by atoms with Crippen LogP contribution in [0.15, 0.2) is 0 Å². The fourth-order valence-electron chi connectivity index (χ4n) is 7.86. The van der Waals surface area contributed by atoms with E-state index in [0.717, 1.165) is 63.7 Å². The van der Waals surface area contributed by atoms with Gasteiger partial charge in [-0.1, -0.05) is 252 Å². The molecule has 0 saturated heterocycles. The van der Waals surface area contributed by atoms with Crippen LogP contribution >= 0.6 is 0 Å². The number of carbonyl (C=O) groups is 3. The summed E-state index contributed by atoms with van der Waals surface area (Å²) in [6.07, 6.45) is 48.0. The predicted molar refractivity (Wildman–Crippen MR) is 247 cm³/mol. The summed E-state index contributed by atoms with van der Waals surface area (Å²) in [6, 6.07) is 0. The van der Waals surface area contributed by atoms with E-state index in [2.05, 4.69) is 27.7 Å². The molecular formula is C52H100O6. The first kappa shape index (κ1) is 56.4. The number of hydrogen-bond acceptors (Lipinski definition) is 6. The molecule has 0 aromatic heterocycles. The Kier molecular flexibility index (Phi) is 45.2. The molecule has 0 aliphatic heterocycles. The summed E-state index contributed by atoms with van der Waals surface area (Å²) in [5.41, 5.74) is 0. The maximum absolute atomic E-state index is 12.8. The van der Waals surface area contributed by atoms with Gasteiger partial charge >= 0.3 is 17.9 Å². The fourth-order valence-corrected chi connectivity index (χ4v) is 7.86. The summed E-state index contributed by atoms with van der Waals surface area (Å²) >= 11 is 0. The largest absolute Gasteiger partial charge is 0.462 e. The molecule has 0 aliphatic rings. The van der Waals surface area contributed by atoms with Gasteiger partial charge in [0.15, 0.2) is 6.10 Å². The first-order chi connectivity index (χ1) is 28.4. The van der Waals surface area contributed by atoms with Crippen molar-refractivity contribution in [3.8, 4) is 0 Å². The SMILES string of the molecule is CCCCCCCCCCCCCCCCCCC(=O)O[C@H](COC(=O)CCCCCCCCCCCC)COC(=O)CCCCCCCCCCCCCC(C)C. The zero-order valence-electron chi connectivity index (χ0n) is 39.5. The molecule has 6 heteroatoms. The van der Waals surface area contributed by atoms with E-state index in [0.29, 0.717) is 19.3 Å². The molecule has 6 nitrogen and oxygen atoms in total. The van der Waals surface area contributed by atoms with E-state index in [1.54, 1.807) is 0 Å². The quantitative estimate of drug-likeness (QED) is 0.0346. The number of unbranched alkanes of at least 4 members (excludes halogenated alkanes) is 34. The van der Waals surface area contributed by atoms with Crippen molar-refractivity contribution in [1.82, 2.24) is 0 Å². The van der Waals surface area contributed by atoms with Gasteiger partial charge in [-0.2, -0.15) is 0 Å². The third-order valence-electron chi connectivity index (χ3n) is 11.8. The Morgan fingerprint density at radius 1 is 0.328 bits per heavy atom. The van der Waals surface area contributed by atoms with Gasteiger partial charge < -0.3 is 14.2 Å². The van der Waals surface area contributed by atoms with Gasteiger partial charge in [0.2, 0.25) is 0 Å². The summed E-state index contributed by atoms with van der Waals surface area (Å²) < 4.78 is 16.8. The van der Waals surface area contributed by atoms with Gasteiger partial charge in [0.05, 0.1) is 0 Å². The third-order valence-corrected chi connectivity index (χ3v) is 11.8. The number of carbonyl (C=O) groups excluding carboxylic acids is 3. The van der Waals surface area contributed by atoms with E-state index < -0.39 is 6.10 Å². The van der Waals surface area contributed by atoms with Gasteiger partial charge in [-0.25, -0.2) is 0 Å². The van der Waals surface area contributed by atoms with Crippen LogP contribution in [0.3, 0.4) is 0 Å². The van der Waals surface area contributed by atoms with Crippen molar-refractivity contribution in [3.05, 3.63) is 0 Å². The minimum atomic E-state index is -0.760. The Hall–Kier alpha value is -1.59. The molecule has 344 valence electrons. The Bertz CT molecular complexity index is 872. The molecule has 0 unspecified atom stereocenters. The maximum atomic E-state index is 12.8. The molecule has 0 aromatic carbocycles. The van der Waals surface area contributed by atoms with Crippen molar-refractivity contribution in [2.24, 2.45) is 5.92 Å². The normalized spacial score (nSPS) is 11.9. The molecule has 0 rings (SSSR count). The molecule has 0 spiro atoms. The topological polar surface area (TPSA) is 78.9 Å². The van der Waals surface area contributed by atoms with E-state index in [1.807, 2.05) is 0 Å². The van der Waals surface area contributed by atoms with Crippen LogP contribution < -0.4 is 0 Å². The van der Waals surface area contributed by atoms with Gasteiger partial charge in [-0.15, -0.1) is 0 Å². The second-order valence-electron chi connectivity index (χ2n) is 18.3.